The third kappa shape index (κ3) is 2.60. The van der Waals surface area contributed by atoms with Crippen LogP contribution in [0.2, 0.25) is 0 Å². The van der Waals surface area contributed by atoms with E-state index in [0.717, 1.165) is 12.1 Å². The van der Waals surface area contributed by atoms with E-state index in [1.807, 2.05) is 0 Å². The number of hydrogen-bond acceptors (Lipinski definition) is 5. The second kappa shape index (κ2) is 5.92. The lowest BCUT2D eigenvalue weighted by atomic mass is 10.0. The highest BCUT2D eigenvalue weighted by molar-refractivity contribution is 7.91. The number of hydrogen-bond donors (Lipinski definition) is 1. The number of benzene rings is 2. The molecule has 0 saturated heterocycles. The number of halogens is 1. The second-order valence-electron chi connectivity index (χ2n) is 5.53. The van der Waals surface area contributed by atoms with Gasteiger partial charge in [0.25, 0.3) is 15.4 Å². The maximum Gasteiger partial charge on any atom is 0.264 e. The van der Waals surface area contributed by atoms with Crippen molar-refractivity contribution in [3.8, 4) is 11.1 Å². The zero-order valence-corrected chi connectivity index (χ0v) is 14.0. The Labute approximate surface area is 146 Å². The molecular formula is C18H11FN2O4S. The van der Waals surface area contributed by atoms with Crippen LogP contribution in [-0.2, 0) is 9.84 Å². The lowest BCUT2D eigenvalue weighted by molar-refractivity contribution is 0.481. The summed E-state index contributed by atoms with van der Waals surface area (Å²) in [5.74, 6) is -0.437. The molecule has 0 aliphatic carbocycles. The Kier molecular flexibility index (Phi) is 3.69. The monoisotopic (exact) mass is 370 g/mol. The first kappa shape index (κ1) is 16.2. The van der Waals surface area contributed by atoms with E-state index >= 15 is 0 Å². The van der Waals surface area contributed by atoms with Gasteiger partial charge in [0, 0.05) is 17.0 Å². The van der Waals surface area contributed by atoms with Crippen molar-refractivity contribution >= 4 is 20.8 Å². The van der Waals surface area contributed by atoms with Gasteiger partial charge in [-0.05, 0) is 29.8 Å². The van der Waals surface area contributed by atoms with Crippen LogP contribution >= 0.6 is 0 Å². The molecule has 0 atom stereocenters. The molecule has 6 nitrogen and oxygen atoms in total. The molecular weight excluding hydrogens is 359 g/mol. The molecule has 2 heterocycles. The summed E-state index contributed by atoms with van der Waals surface area (Å²) in [6.07, 6.45) is 0. The maximum absolute atomic E-state index is 13.3. The average molecular weight is 370 g/mol. The minimum atomic E-state index is -4.15. The topological polar surface area (TPSA) is 93.0 Å². The van der Waals surface area contributed by atoms with Crippen molar-refractivity contribution in [2.75, 3.05) is 0 Å². The number of rotatable bonds is 3. The number of nitrogens with zero attached hydrogens (tertiary/aromatic N) is 1. The minimum absolute atomic E-state index is 0.314. The summed E-state index contributed by atoms with van der Waals surface area (Å²) in [6, 6.07) is 14.4. The molecule has 1 N–H and O–H groups in total. The first-order valence-electron chi connectivity index (χ1n) is 7.55. The normalized spacial score (nSPS) is 11.7. The van der Waals surface area contributed by atoms with Gasteiger partial charge in [-0.15, -0.1) is 0 Å². The van der Waals surface area contributed by atoms with E-state index in [1.54, 1.807) is 24.3 Å². The molecule has 0 aliphatic rings. The first-order valence-corrected chi connectivity index (χ1v) is 9.03. The Hall–Kier alpha value is -3.26. The van der Waals surface area contributed by atoms with Gasteiger partial charge >= 0.3 is 0 Å². The number of nitrogens with one attached hydrogen (secondary N) is 1. The van der Waals surface area contributed by atoms with E-state index in [2.05, 4.69) is 10.2 Å². The van der Waals surface area contributed by atoms with Gasteiger partial charge in [-0.25, -0.2) is 17.9 Å². The highest BCUT2D eigenvalue weighted by atomic mass is 32.2. The van der Waals surface area contributed by atoms with Crippen LogP contribution in [0.3, 0.4) is 0 Å². The Morgan fingerprint density at radius 2 is 1.69 bits per heavy atom. The first-order chi connectivity index (χ1) is 12.5. The Morgan fingerprint density at radius 1 is 0.962 bits per heavy atom. The molecule has 130 valence electrons. The minimum Gasteiger partial charge on any atom is -0.444 e. The quantitative estimate of drug-likeness (QED) is 0.598. The maximum atomic E-state index is 13.3. The molecule has 0 fully saturated rings. The number of fused-ring (bicyclic) bond motifs is 1. The highest BCUT2D eigenvalue weighted by Crippen LogP contribution is 2.39. The summed E-state index contributed by atoms with van der Waals surface area (Å²) >= 11 is 0. The van der Waals surface area contributed by atoms with Crippen LogP contribution < -0.4 is 5.56 Å². The van der Waals surface area contributed by atoms with Gasteiger partial charge in [0.05, 0.1) is 0 Å². The summed E-state index contributed by atoms with van der Waals surface area (Å²) in [4.78, 5) is 11.2. The predicted octanol–water partition coefficient (Wildman–Crippen LogP) is 3.16. The smallest absolute Gasteiger partial charge is 0.264 e. The van der Waals surface area contributed by atoms with Crippen molar-refractivity contribution in [3.05, 3.63) is 76.8 Å². The van der Waals surface area contributed by atoms with Gasteiger partial charge in [-0.3, -0.25) is 4.79 Å². The van der Waals surface area contributed by atoms with Gasteiger partial charge in [-0.1, -0.05) is 30.3 Å². The molecule has 0 bridgehead atoms. The summed E-state index contributed by atoms with van der Waals surface area (Å²) in [6.45, 7) is 0. The van der Waals surface area contributed by atoms with E-state index in [-0.39, 0.29) is 10.1 Å². The summed E-state index contributed by atoms with van der Waals surface area (Å²) in [5.41, 5.74) is 0.648. The molecule has 0 aliphatic heterocycles. The zero-order chi connectivity index (χ0) is 18.3. The number of aromatic nitrogens is 2. The van der Waals surface area contributed by atoms with Crippen LogP contribution in [0.5, 0.6) is 0 Å². The third-order valence-electron chi connectivity index (χ3n) is 3.87. The van der Waals surface area contributed by atoms with Crippen molar-refractivity contribution < 1.29 is 17.2 Å². The zero-order valence-electron chi connectivity index (χ0n) is 13.1. The van der Waals surface area contributed by atoms with Crippen LogP contribution in [0.15, 0.2) is 80.0 Å². The molecule has 0 unspecified atom stereocenters. The molecule has 0 amide bonds. The number of para-hydroxylation sites is 1. The van der Waals surface area contributed by atoms with Gasteiger partial charge in [0.15, 0.2) is 5.03 Å². The van der Waals surface area contributed by atoms with Crippen LogP contribution in [0.1, 0.15) is 0 Å². The summed E-state index contributed by atoms with van der Waals surface area (Å²) < 4.78 is 45.0. The van der Waals surface area contributed by atoms with Crippen LogP contribution in [0.4, 0.5) is 4.39 Å². The molecule has 8 heteroatoms. The largest absolute Gasteiger partial charge is 0.444 e. The molecule has 4 rings (SSSR count). The standard InChI is InChI=1S/C18H11FN2O4S/c19-12-7-5-11(6-8-12)17-13-3-1-2-4-14(13)25-18(17)26(23,24)16-10-9-15(22)20-21-16/h1-10H,(H,20,22). The Balaban J connectivity index is 2.03. The molecule has 2 aromatic heterocycles. The fraction of sp³-hybridized carbons (Fsp3) is 0. The van der Waals surface area contributed by atoms with Crippen molar-refractivity contribution in [1.82, 2.24) is 10.2 Å². The van der Waals surface area contributed by atoms with E-state index in [1.165, 1.54) is 24.3 Å². The van der Waals surface area contributed by atoms with Gasteiger partial charge in [-0.2, -0.15) is 5.10 Å². The van der Waals surface area contributed by atoms with Crippen molar-refractivity contribution in [2.24, 2.45) is 0 Å². The molecule has 0 spiro atoms. The molecule has 4 aromatic rings. The SMILES string of the molecule is O=c1ccc(S(=O)(=O)c2oc3ccccc3c2-c2ccc(F)cc2)n[nH]1. The van der Waals surface area contributed by atoms with Gasteiger partial charge in [0.2, 0.25) is 5.09 Å². The van der Waals surface area contributed by atoms with Gasteiger partial charge in [0.1, 0.15) is 11.4 Å². The Morgan fingerprint density at radius 3 is 2.38 bits per heavy atom. The van der Waals surface area contributed by atoms with E-state index in [4.69, 9.17) is 4.42 Å². The van der Waals surface area contributed by atoms with Crippen LogP contribution in [-0.4, -0.2) is 18.6 Å². The molecule has 2 aromatic carbocycles. The number of H-pyrrole nitrogens is 1. The summed E-state index contributed by atoms with van der Waals surface area (Å²) in [7, 11) is -4.15. The summed E-state index contributed by atoms with van der Waals surface area (Å²) in [5, 5.41) is 5.61. The van der Waals surface area contributed by atoms with E-state index in [9.17, 15) is 17.6 Å². The number of sulfone groups is 1. The van der Waals surface area contributed by atoms with Gasteiger partial charge < -0.3 is 4.42 Å². The lowest BCUT2D eigenvalue weighted by Gasteiger charge is -2.04. The average Bonchev–Trinajstić information content (AvgIpc) is 3.03. The van der Waals surface area contributed by atoms with Crippen molar-refractivity contribution in [3.63, 3.8) is 0 Å². The molecule has 26 heavy (non-hydrogen) atoms. The third-order valence-corrected chi connectivity index (χ3v) is 5.42. The second-order valence-corrected chi connectivity index (χ2v) is 7.33. The molecule has 0 radical (unpaired) electrons. The van der Waals surface area contributed by atoms with Crippen LogP contribution in [0, 0.1) is 5.82 Å². The molecule has 0 saturated carbocycles. The van der Waals surface area contributed by atoms with Crippen molar-refractivity contribution in [1.29, 1.82) is 0 Å². The fourth-order valence-electron chi connectivity index (χ4n) is 2.68. The number of furan rings is 1. The highest BCUT2D eigenvalue weighted by Gasteiger charge is 2.30. The lowest BCUT2D eigenvalue weighted by Crippen LogP contribution is -2.12. The van der Waals surface area contributed by atoms with Crippen LogP contribution in [0.25, 0.3) is 22.1 Å². The van der Waals surface area contributed by atoms with E-state index < -0.39 is 21.2 Å². The Bertz CT molecular complexity index is 1250. The predicted molar refractivity (Wildman–Crippen MR) is 91.9 cm³/mol. The van der Waals surface area contributed by atoms with Crippen molar-refractivity contribution in [2.45, 2.75) is 10.1 Å². The number of aromatic amines is 1. The van der Waals surface area contributed by atoms with E-state index in [0.29, 0.717) is 22.1 Å². The fourth-order valence-corrected chi connectivity index (χ4v) is 3.98.